The average Bonchev–Trinajstić information content (AvgIpc) is 3.21. The molecule has 24 heavy (non-hydrogen) atoms. The minimum atomic E-state index is 0.0484. The Bertz CT molecular complexity index is 870. The van der Waals surface area contributed by atoms with Crippen molar-refractivity contribution in [3.8, 4) is 0 Å². The Kier molecular flexibility index (Phi) is 3.72. The summed E-state index contributed by atoms with van der Waals surface area (Å²) in [6.07, 6.45) is 4.15. The smallest absolute Gasteiger partial charge is 0.228 e. The zero-order valence-electron chi connectivity index (χ0n) is 13.4. The highest BCUT2D eigenvalue weighted by atomic mass is 16.6. The molecule has 1 atom stereocenters. The minimum absolute atomic E-state index is 0.0484. The van der Waals surface area contributed by atoms with Crippen LogP contribution in [0.2, 0.25) is 0 Å². The van der Waals surface area contributed by atoms with Crippen molar-refractivity contribution >= 4 is 11.6 Å². The Labute approximate surface area is 138 Å². The standard InChI is InChI=1S/C16H18N6O2/c1-11-13(20-24-19-11)9-15(23)21-7-4-5-12(10-21)16-18-17-14-6-2-3-8-22(14)16/h2-3,6,8,12H,4-5,7,9-10H2,1H3/t12-/m1/s1. The number of nitrogens with zero attached hydrogens (tertiary/aromatic N) is 6. The summed E-state index contributed by atoms with van der Waals surface area (Å²) in [7, 11) is 0. The molecule has 1 aliphatic heterocycles. The molecule has 0 aromatic carbocycles. The highest BCUT2D eigenvalue weighted by molar-refractivity contribution is 5.78. The molecule has 1 aliphatic rings. The van der Waals surface area contributed by atoms with Crippen LogP contribution in [0, 0.1) is 6.92 Å². The lowest BCUT2D eigenvalue weighted by molar-refractivity contribution is -0.131. The van der Waals surface area contributed by atoms with Gasteiger partial charge in [-0.25, -0.2) is 4.63 Å². The second-order valence-corrected chi connectivity index (χ2v) is 6.14. The first-order valence-electron chi connectivity index (χ1n) is 8.08. The zero-order chi connectivity index (χ0) is 16.5. The summed E-state index contributed by atoms with van der Waals surface area (Å²) in [5.74, 6) is 1.16. The lowest BCUT2D eigenvalue weighted by Crippen LogP contribution is -2.40. The maximum Gasteiger partial charge on any atom is 0.228 e. The Morgan fingerprint density at radius 1 is 1.33 bits per heavy atom. The van der Waals surface area contributed by atoms with Gasteiger partial charge in [-0.15, -0.1) is 10.2 Å². The molecule has 0 radical (unpaired) electrons. The van der Waals surface area contributed by atoms with Gasteiger partial charge in [0.2, 0.25) is 5.91 Å². The number of carbonyl (C=O) groups excluding carboxylic acids is 1. The molecule has 3 aromatic rings. The van der Waals surface area contributed by atoms with E-state index in [0.717, 1.165) is 30.9 Å². The molecule has 4 heterocycles. The van der Waals surface area contributed by atoms with Gasteiger partial charge in [0, 0.05) is 25.2 Å². The molecule has 0 N–H and O–H groups in total. The van der Waals surface area contributed by atoms with E-state index in [0.29, 0.717) is 17.9 Å². The van der Waals surface area contributed by atoms with E-state index in [1.165, 1.54) is 0 Å². The number of hydrogen-bond acceptors (Lipinski definition) is 6. The normalized spacial score (nSPS) is 18.2. The molecule has 124 valence electrons. The van der Waals surface area contributed by atoms with Crippen molar-refractivity contribution in [3.63, 3.8) is 0 Å². The van der Waals surface area contributed by atoms with Crippen molar-refractivity contribution in [3.05, 3.63) is 41.6 Å². The van der Waals surface area contributed by atoms with Crippen LogP contribution in [-0.4, -0.2) is 48.8 Å². The van der Waals surface area contributed by atoms with Crippen LogP contribution in [0.5, 0.6) is 0 Å². The molecule has 0 aliphatic carbocycles. The van der Waals surface area contributed by atoms with Crippen LogP contribution in [0.3, 0.4) is 0 Å². The van der Waals surface area contributed by atoms with E-state index in [1.807, 2.05) is 33.7 Å². The predicted octanol–water partition coefficient (Wildman–Crippen LogP) is 1.37. The third-order valence-corrected chi connectivity index (χ3v) is 4.54. The van der Waals surface area contributed by atoms with Gasteiger partial charge in [-0.1, -0.05) is 16.4 Å². The van der Waals surface area contributed by atoms with E-state index in [4.69, 9.17) is 0 Å². The van der Waals surface area contributed by atoms with Gasteiger partial charge in [-0.3, -0.25) is 9.20 Å². The second-order valence-electron chi connectivity index (χ2n) is 6.14. The molecule has 8 nitrogen and oxygen atoms in total. The number of pyridine rings is 1. The molecule has 1 saturated heterocycles. The van der Waals surface area contributed by atoms with Gasteiger partial charge in [0.15, 0.2) is 5.65 Å². The molecule has 0 spiro atoms. The summed E-state index contributed by atoms with van der Waals surface area (Å²) in [6, 6.07) is 5.84. The number of aromatic nitrogens is 5. The number of amides is 1. The number of hydrogen-bond donors (Lipinski definition) is 0. The van der Waals surface area contributed by atoms with Gasteiger partial charge in [0.1, 0.15) is 17.2 Å². The van der Waals surface area contributed by atoms with Crippen molar-refractivity contribution in [2.75, 3.05) is 13.1 Å². The van der Waals surface area contributed by atoms with Gasteiger partial charge in [-0.05, 0) is 31.9 Å². The summed E-state index contributed by atoms with van der Waals surface area (Å²) in [5.41, 5.74) is 2.11. The van der Waals surface area contributed by atoms with Crippen molar-refractivity contribution in [2.24, 2.45) is 0 Å². The predicted molar refractivity (Wildman–Crippen MR) is 84.3 cm³/mol. The number of piperidine rings is 1. The third kappa shape index (κ3) is 2.64. The highest BCUT2D eigenvalue weighted by Gasteiger charge is 2.28. The summed E-state index contributed by atoms with van der Waals surface area (Å²) in [6.45, 7) is 3.20. The summed E-state index contributed by atoms with van der Waals surface area (Å²) in [4.78, 5) is 14.5. The average molecular weight is 326 g/mol. The van der Waals surface area contributed by atoms with Gasteiger partial charge < -0.3 is 4.90 Å². The largest absolute Gasteiger partial charge is 0.342 e. The third-order valence-electron chi connectivity index (χ3n) is 4.54. The van der Waals surface area contributed by atoms with Gasteiger partial charge in [0.05, 0.1) is 6.42 Å². The van der Waals surface area contributed by atoms with Crippen molar-refractivity contribution in [1.82, 2.24) is 29.8 Å². The van der Waals surface area contributed by atoms with Crippen LogP contribution in [0.25, 0.3) is 5.65 Å². The molecule has 8 heteroatoms. The maximum atomic E-state index is 12.6. The quantitative estimate of drug-likeness (QED) is 0.722. The summed E-state index contributed by atoms with van der Waals surface area (Å²) < 4.78 is 6.67. The lowest BCUT2D eigenvalue weighted by Gasteiger charge is -2.31. The van der Waals surface area contributed by atoms with E-state index in [2.05, 4.69) is 25.1 Å². The molecule has 1 fully saturated rings. The van der Waals surface area contributed by atoms with Crippen LogP contribution in [0.15, 0.2) is 29.0 Å². The topological polar surface area (TPSA) is 89.4 Å². The molecule has 1 amide bonds. The van der Waals surface area contributed by atoms with E-state index >= 15 is 0 Å². The SMILES string of the molecule is Cc1nonc1CC(=O)N1CCC[C@@H](c2nnc3ccccn23)C1. The molecule has 0 saturated carbocycles. The van der Waals surface area contributed by atoms with Gasteiger partial charge >= 0.3 is 0 Å². The van der Waals surface area contributed by atoms with Crippen LogP contribution in [-0.2, 0) is 11.2 Å². The molecule has 3 aromatic heterocycles. The molecular weight excluding hydrogens is 308 g/mol. The first-order chi connectivity index (χ1) is 11.7. The molecule has 4 rings (SSSR count). The van der Waals surface area contributed by atoms with Crippen molar-refractivity contribution in [2.45, 2.75) is 32.1 Å². The van der Waals surface area contributed by atoms with E-state index in [9.17, 15) is 4.79 Å². The van der Waals surface area contributed by atoms with E-state index in [1.54, 1.807) is 6.92 Å². The Hall–Kier alpha value is -2.77. The molecular formula is C16H18N6O2. The van der Waals surface area contributed by atoms with Gasteiger partial charge in [0.25, 0.3) is 0 Å². The van der Waals surface area contributed by atoms with Crippen LogP contribution in [0.1, 0.15) is 36.0 Å². The summed E-state index contributed by atoms with van der Waals surface area (Å²) >= 11 is 0. The number of carbonyl (C=O) groups is 1. The molecule has 0 unspecified atom stereocenters. The fourth-order valence-electron chi connectivity index (χ4n) is 3.22. The van der Waals surface area contributed by atoms with Crippen molar-refractivity contribution in [1.29, 1.82) is 0 Å². The molecule has 0 bridgehead atoms. The summed E-state index contributed by atoms with van der Waals surface area (Å²) in [5, 5.41) is 16.1. The van der Waals surface area contributed by atoms with E-state index in [-0.39, 0.29) is 18.2 Å². The zero-order valence-corrected chi connectivity index (χ0v) is 13.4. The Morgan fingerprint density at radius 3 is 3.08 bits per heavy atom. The Balaban J connectivity index is 1.51. The Morgan fingerprint density at radius 2 is 2.25 bits per heavy atom. The first-order valence-corrected chi connectivity index (χ1v) is 8.08. The number of rotatable bonds is 3. The van der Waals surface area contributed by atoms with Crippen LogP contribution >= 0.6 is 0 Å². The maximum absolute atomic E-state index is 12.6. The van der Waals surface area contributed by atoms with E-state index < -0.39 is 0 Å². The fourth-order valence-corrected chi connectivity index (χ4v) is 3.22. The minimum Gasteiger partial charge on any atom is -0.342 e. The number of likely N-dealkylation sites (tertiary alicyclic amines) is 1. The van der Waals surface area contributed by atoms with Crippen molar-refractivity contribution < 1.29 is 9.42 Å². The number of aryl methyl sites for hydroxylation is 1. The fraction of sp³-hybridized carbons (Fsp3) is 0.438. The van der Waals surface area contributed by atoms with Gasteiger partial charge in [-0.2, -0.15) is 0 Å². The van der Waals surface area contributed by atoms with Crippen LogP contribution < -0.4 is 0 Å². The highest BCUT2D eigenvalue weighted by Crippen LogP contribution is 2.26. The first kappa shape index (κ1) is 14.8. The lowest BCUT2D eigenvalue weighted by atomic mass is 9.96. The monoisotopic (exact) mass is 326 g/mol. The van der Waals surface area contributed by atoms with Crippen LogP contribution in [0.4, 0.5) is 0 Å². The second kappa shape index (κ2) is 6.03. The number of fused-ring (bicyclic) bond motifs is 1.